The highest BCUT2D eigenvalue weighted by molar-refractivity contribution is 7.89. The molecule has 1 aromatic heterocycles. The van der Waals surface area contributed by atoms with Crippen molar-refractivity contribution in [3.8, 4) is 0 Å². The molecule has 0 unspecified atom stereocenters. The average Bonchev–Trinajstić information content (AvgIpc) is 3.22. The van der Waals surface area contributed by atoms with Crippen molar-refractivity contribution in [3.63, 3.8) is 0 Å². The van der Waals surface area contributed by atoms with Gasteiger partial charge in [0.15, 0.2) is 0 Å². The Bertz CT molecular complexity index is 1140. The molecule has 2 aromatic carbocycles. The Balaban J connectivity index is 1.73. The Labute approximate surface area is 179 Å². The van der Waals surface area contributed by atoms with Gasteiger partial charge in [-0.2, -0.15) is 4.31 Å². The fourth-order valence-corrected chi connectivity index (χ4v) is 4.72. The summed E-state index contributed by atoms with van der Waals surface area (Å²) in [4.78, 5) is 24.4. The highest BCUT2D eigenvalue weighted by Crippen LogP contribution is 2.24. The first-order chi connectivity index (χ1) is 14.3. The molecule has 0 saturated heterocycles. The molecular formula is C21H21N3O4S2. The van der Waals surface area contributed by atoms with E-state index >= 15 is 0 Å². The molecule has 0 atom stereocenters. The topological polar surface area (TPSA) is 95.6 Å². The summed E-state index contributed by atoms with van der Waals surface area (Å²) in [5.41, 5.74) is 1.54. The maximum absolute atomic E-state index is 12.8. The number of thiophene rings is 1. The molecule has 0 fully saturated rings. The largest absolute Gasteiger partial charge is 0.355 e. The zero-order valence-electron chi connectivity index (χ0n) is 16.5. The van der Waals surface area contributed by atoms with Crippen molar-refractivity contribution in [2.75, 3.05) is 19.4 Å². The van der Waals surface area contributed by atoms with E-state index in [0.717, 1.165) is 5.56 Å². The quantitative estimate of drug-likeness (QED) is 0.586. The molecule has 3 rings (SSSR count). The fourth-order valence-electron chi connectivity index (χ4n) is 2.78. The molecule has 0 aliphatic carbocycles. The summed E-state index contributed by atoms with van der Waals surface area (Å²) in [5.74, 6) is -0.723. The minimum atomic E-state index is -3.70. The summed E-state index contributed by atoms with van der Waals surface area (Å²) in [6, 6.07) is 16.6. The number of anilines is 1. The second-order valence-electron chi connectivity index (χ2n) is 6.47. The van der Waals surface area contributed by atoms with Crippen molar-refractivity contribution in [1.29, 1.82) is 0 Å². The Morgan fingerprint density at radius 2 is 1.63 bits per heavy atom. The van der Waals surface area contributed by atoms with Crippen molar-refractivity contribution in [2.45, 2.75) is 11.4 Å². The van der Waals surface area contributed by atoms with E-state index in [1.807, 2.05) is 30.3 Å². The number of carbonyl (C=O) groups is 2. The van der Waals surface area contributed by atoms with Gasteiger partial charge in [-0.05, 0) is 41.3 Å². The first-order valence-corrected chi connectivity index (χ1v) is 11.4. The van der Waals surface area contributed by atoms with Crippen LogP contribution in [0.4, 0.5) is 5.00 Å². The molecule has 0 spiro atoms. The van der Waals surface area contributed by atoms with Gasteiger partial charge in [0.05, 0.1) is 10.5 Å². The van der Waals surface area contributed by atoms with Crippen molar-refractivity contribution >= 4 is 38.2 Å². The number of hydrogen-bond acceptors (Lipinski definition) is 5. The van der Waals surface area contributed by atoms with Gasteiger partial charge in [0.25, 0.3) is 11.8 Å². The van der Waals surface area contributed by atoms with Gasteiger partial charge < -0.3 is 10.6 Å². The molecule has 3 aromatic rings. The molecule has 2 N–H and O–H groups in total. The van der Waals surface area contributed by atoms with Crippen LogP contribution in [0.5, 0.6) is 0 Å². The Kier molecular flexibility index (Phi) is 6.66. The van der Waals surface area contributed by atoms with Crippen LogP contribution in [0.1, 0.15) is 26.3 Å². The van der Waals surface area contributed by atoms with E-state index in [1.165, 1.54) is 54.0 Å². The number of benzene rings is 2. The molecule has 0 saturated carbocycles. The van der Waals surface area contributed by atoms with Crippen LogP contribution in [0.15, 0.2) is 70.9 Å². The summed E-state index contributed by atoms with van der Waals surface area (Å²) in [7, 11) is -0.673. The second-order valence-corrected chi connectivity index (χ2v) is 9.43. The summed E-state index contributed by atoms with van der Waals surface area (Å²) in [6.45, 7) is 0.242. The van der Waals surface area contributed by atoms with Gasteiger partial charge in [-0.3, -0.25) is 9.59 Å². The number of nitrogens with zero attached hydrogens (tertiary/aromatic N) is 1. The molecule has 9 heteroatoms. The lowest BCUT2D eigenvalue weighted by Crippen LogP contribution is -2.26. The van der Waals surface area contributed by atoms with Crippen LogP contribution in [0.25, 0.3) is 0 Å². The van der Waals surface area contributed by atoms with Gasteiger partial charge in [0.1, 0.15) is 5.00 Å². The highest BCUT2D eigenvalue weighted by atomic mass is 32.2. The lowest BCUT2D eigenvalue weighted by atomic mass is 10.2. The molecule has 0 radical (unpaired) electrons. The summed E-state index contributed by atoms with van der Waals surface area (Å²) < 4.78 is 26.9. The molecular weight excluding hydrogens is 422 g/mol. The standard InChI is InChI=1S/C21H21N3O4S2/c1-22-20(26)18-12-13-29-21(18)23-19(25)16-8-10-17(11-9-16)30(27,28)24(2)14-15-6-4-3-5-7-15/h3-13H,14H2,1-2H3,(H,22,26)(H,23,25). The van der Waals surface area contributed by atoms with Crippen LogP contribution >= 0.6 is 11.3 Å². The van der Waals surface area contributed by atoms with Crippen molar-refractivity contribution in [1.82, 2.24) is 9.62 Å². The first kappa shape index (κ1) is 21.7. The van der Waals surface area contributed by atoms with Crippen LogP contribution in [0.3, 0.4) is 0 Å². The van der Waals surface area contributed by atoms with Crippen molar-refractivity contribution in [2.24, 2.45) is 0 Å². The molecule has 0 aliphatic rings. The SMILES string of the molecule is CNC(=O)c1ccsc1NC(=O)c1ccc(S(=O)(=O)N(C)Cc2ccccc2)cc1. The summed E-state index contributed by atoms with van der Waals surface area (Å²) >= 11 is 1.23. The molecule has 156 valence electrons. The third-order valence-electron chi connectivity index (χ3n) is 4.44. The third-order valence-corrected chi connectivity index (χ3v) is 7.08. The lowest BCUT2D eigenvalue weighted by molar-refractivity contribution is 0.0964. The van der Waals surface area contributed by atoms with Crippen LogP contribution in [-0.2, 0) is 16.6 Å². The highest BCUT2D eigenvalue weighted by Gasteiger charge is 2.22. The average molecular weight is 444 g/mol. The Morgan fingerprint density at radius 1 is 0.967 bits per heavy atom. The van der Waals surface area contributed by atoms with Crippen molar-refractivity contribution < 1.29 is 18.0 Å². The fraction of sp³-hybridized carbons (Fsp3) is 0.143. The Hall–Kier alpha value is -3.01. The Morgan fingerprint density at radius 3 is 2.27 bits per heavy atom. The maximum atomic E-state index is 12.8. The summed E-state index contributed by atoms with van der Waals surface area (Å²) in [5, 5.41) is 7.35. The van der Waals surface area contributed by atoms with E-state index in [-0.39, 0.29) is 22.9 Å². The molecule has 7 nitrogen and oxygen atoms in total. The van der Waals surface area contributed by atoms with E-state index in [0.29, 0.717) is 10.6 Å². The molecule has 1 heterocycles. The van der Waals surface area contributed by atoms with E-state index < -0.39 is 15.9 Å². The third kappa shape index (κ3) is 4.76. The van der Waals surface area contributed by atoms with E-state index in [9.17, 15) is 18.0 Å². The predicted molar refractivity (Wildman–Crippen MR) is 117 cm³/mol. The number of rotatable bonds is 7. The van der Waals surface area contributed by atoms with Crippen LogP contribution in [0, 0.1) is 0 Å². The first-order valence-electron chi connectivity index (χ1n) is 9.04. The van der Waals surface area contributed by atoms with Gasteiger partial charge in [-0.25, -0.2) is 8.42 Å². The number of nitrogens with one attached hydrogen (secondary N) is 2. The molecule has 2 amide bonds. The predicted octanol–water partition coefficient (Wildman–Crippen LogP) is 3.18. The van der Waals surface area contributed by atoms with E-state index in [4.69, 9.17) is 0 Å². The maximum Gasteiger partial charge on any atom is 0.256 e. The van der Waals surface area contributed by atoms with Gasteiger partial charge in [0.2, 0.25) is 10.0 Å². The van der Waals surface area contributed by atoms with Crippen molar-refractivity contribution in [3.05, 3.63) is 82.7 Å². The normalized spacial score (nSPS) is 11.3. The van der Waals surface area contributed by atoms with Gasteiger partial charge in [-0.1, -0.05) is 30.3 Å². The number of amides is 2. The van der Waals surface area contributed by atoms with E-state index in [1.54, 1.807) is 11.4 Å². The van der Waals surface area contributed by atoms with E-state index in [2.05, 4.69) is 10.6 Å². The minimum Gasteiger partial charge on any atom is -0.355 e. The monoisotopic (exact) mass is 443 g/mol. The van der Waals surface area contributed by atoms with Crippen LogP contribution in [-0.4, -0.2) is 38.6 Å². The summed E-state index contributed by atoms with van der Waals surface area (Å²) in [6.07, 6.45) is 0. The zero-order chi connectivity index (χ0) is 21.7. The van der Waals surface area contributed by atoms with Crippen LogP contribution < -0.4 is 10.6 Å². The number of sulfonamides is 1. The number of hydrogen-bond donors (Lipinski definition) is 2. The van der Waals surface area contributed by atoms with Crippen LogP contribution in [0.2, 0.25) is 0 Å². The second kappa shape index (κ2) is 9.21. The molecule has 0 bridgehead atoms. The smallest absolute Gasteiger partial charge is 0.256 e. The molecule has 30 heavy (non-hydrogen) atoms. The minimum absolute atomic E-state index is 0.0969. The van der Waals surface area contributed by atoms with Gasteiger partial charge in [-0.15, -0.1) is 11.3 Å². The molecule has 0 aliphatic heterocycles. The lowest BCUT2D eigenvalue weighted by Gasteiger charge is -2.17. The zero-order valence-corrected chi connectivity index (χ0v) is 18.1. The van der Waals surface area contributed by atoms with Gasteiger partial charge >= 0.3 is 0 Å². The number of carbonyl (C=O) groups excluding carboxylic acids is 2. The van der Waals surface area contributed by atoms with Gasteiger partial charge in [0, 0.05) is 26.2 Å².